The van der Waals surface area contributed by atoms with Gasteiger partial charge in [0.2, 0.25) is 0 Å². The number of carboxylic acids is 1. The van der Waals surface area contributed by atoms with Crippen molar-refractivity contribution in [1.82, 2.24) is 0 Å². The first kappa shape index (κ1) is 24.3. The van der Waals surface area contributed by atoms with Crippen molar-refractivity contribution < 1.29 is 19.5 Å². The lowest BCUT2D eigenvalue weighted by Crippen LogP contribution is -2.66. The fraction of sp³-hybridized carbons (Fsp3) is 0.833. The molecule has 34 heavy (non-hydrogen) atoms. The van der Waals surface area contributed by atoms with Crippen molar-refractivity contribution in [3.05, 3.63) is 11.6 Å². The fourth-order valence-corrected chi connectivity index (χ4v) is 10.2. The van der Waals surface area contributed by atoms with Gasteiger partial charge in [0.15, 0.2) is 5.78 Å². The molecule has 0 spiro atoms. The number of carbonyl (C=O) groups is 3. The highest BCUT2D eigenvalue weighted by Crippen LogP contribution is 2.74. The zero-order valence-electron chi connectivity index (χ0n) is 22.3. The van der Waals surface area contributed by atoms with Crippen LogP contribution in [0.5, 0.6) is 0 Å². The van der Waals surface area contributed by atoms with Gasteiger partial charge < -0.3 is 5.11 Å². The summed E-state index contributed by atoms with van der Waals surface area (Å²) in [6.45, 7) is 15.5. The van der Waals surface area contributed by atoms with Crippen LogP contribution in [0.4, 0.5) is 0 Å². The molecule has 4 nitrogen and oxygen atoms in total. The second-order valence-corrected chi connectivity index (χ2v) is 14.7. The predicted molar refractivity (Wildman–Crippen MR) is 132 cm³/mol. The van der Waals surface area contributed by atoms with E-state index in [1.54, 1.807) is 0 Å². The van der Waals surface area contributed by atoms with E-state index in [4.69, 9.17) is 0 Å². The highest BCUT2D eigenvalue weighted by molar-refractivity contribution is 5.96. The molecule has 0 bridgehead atoms. The summed E-state index contributed by atoms with van der Waals surface area (Å²) < 4.78 is 0. The Kier molecular flexibility index (Phi) is 4.89. The molecule has 0 radical (unpaired) electrons. The minimum Gasteiger partial charge on any atom is -0.481 e. The third kappa shape index (κ3) is 2.75. The third-order valence-electron chi connectivity index (χ3n) is 12.8. The Hall–Kier alpha value is -1.45. The van der Waals surface area contributed by atoms with Gasteiger partial charge in [0, 0.05) is 17.8 Å². The van der Waals surface area contributed by atoms with Crippen LogP contribution in [0.2, 0.25) is 0 Å². The molecule has 2 unspecified atom stereocenters. The van der Waals surface area contributed by atoms with E-state index in [9.17, 15) is 19.5 Å². The first-order valence-corrected chi connectivity index (χ1v) is 13.6. The Morgan fingerprint density at radius 1 is 0.912 bits per heavy atom. The number of allylic oxidation sites excluding steroid dienone is 2. The van der Waals surface area contributed by atoms with Gasteiger partial charge in [0.25, 0.3) is 0 Å². The van der Waals surface area contributed by atoms with Crippen molar-refractivity contribution in [2.75, 3.05) is 0 Å². The Bertz CT molecular complexity index is 1010. The van der Waals surface area contributed by atoms with Crippen LogP contribution in [-0.2, 0) is 14.4 Å². The molecule has 0 saturated heterocycles. The predicted octanol–water partition coefficient (Wildman–Crippen LogP) is 6.62. The fourth-order valence-electron chi connectivity index (χ4n) is 10.2. The second-order valence-electron chi connectivity index (χ2n) is 14.7. The van der Waals surface area contributed by atoms with Crippen LogP contribution in [0.3, 0.4) is 0 Å². The quantitative estimate of drug-likeness (QED) is 0.469. The van der Waals surface area contributed by atoms with Gasteiger partial charge in [0.1, 0.15) is 5.78 Å². The number of carboxylic acid groups (broad SMARTS) is 1. The number of ketones is 2. The summed E-state index contributed by atoms with van der Waals surface area (Å²) in [5.41, 5.74) is -0.205. The Balaban J connectivity index is 1.63. The van der Waals surface area contributed by atoms with E-state index in [2.05, 4.69) is 41.5 Å². The van der Waals surface area contributed by atoms with Crippen LogP contribution in [0.15, 0.2) is 11.6 Å². The van der Waals surface area contributed by atoms with Gasteiger partial charge in [-0.2, -0.15) is 0 Å². The second kappa shape index (κ2) is 6.85. The molecule has 0 aromatic heterocycles. The van der Waals surface area contributed by atoms with Gasteiger partial charge in [-0.1, -0.05) is 47.1 Å². The lowest BCUT2D eigenvalue weighted by atomic mass is 9.33. The smallest absolute Gasteiger partial charge is 0.309 e. The van der Waals surface area contributed by atoms with E-state index in [1.165, 1.54) is 5.57 Å². The summed E-state index contributed by atoms with van der Waals surface area (Å²) in [5, 5.41) is 10.0. The molecule has 1 N–H and O–H groups in total. The minimum absolute atomic E-state index is 0.0707. The SMILES string of the molecule is CC1(C)C(=O)CC[C@]2(C)C3C(=O)C=C4C5C[C@@](C)(C(=O)O)CC[C@]5(C)CC[C@@]4(C)[C@]3(C)CC[C@@H]12. The number of rotatable bonds is 1. The van der Waals surface area contributed by atoms with Crippen LogP contribution in [0, 0.1) is 50.2 Å². The maximum atomic E-state index is 14.2. The highest BCUT2D eigenvalue weighted by atomic mass is 16.4. The molecule has 0 aliphatic heterocycles. The Morgan fingerprint density at radius 3 is 2.21 bits per heavy atom. The topological polar surface area (TPSA) is 71.4 Å². The maximum Gasteiger partial charge on any atom is 0.309 e. The van der Waals surface area contributed by atoms with Crippen molar-refractivity contribution in [1.29, 1.82) is 0 Å². The molecule has 0 heterocycles. The number of aliphatic carboxylic acids is 1. The van der Waals surface area contributed by atoms with Crippen LogP contribution in [0.25, 0.3) is 0 Å². The molecule has 4 fully saturated rings. The van der Waals surface area contributed by atoms with E-state index >= 15 is 0 Å². The molecular weight excluding hydrogens is 424 g/mol. The van der Waals surface area contributed by atoms with Gasteiger partial charge in [0.05, 0.1) is 5.41 Å². The highest BCUT2D eigenvalue weighted by Gasteiger charge is 2.70. The molecule has 0 amide bonds. The summed E-state index contributed by atoms with van der Waals surface area (Å²) in [7, 11) is 0. The van der Waals surface area contributed by atoms with Crippen LogP contribution < -0.4 is 0 Å². The standard InChI is InChI=1S/C30H44O4/c1-25(2)21-8-11-30(7)23(28(21,5)10-9-22(25)32)20(31)16-18-19-17-27(4,24(33)34)13-12-26(19,3)14-15-29(18,30)6/h16,19,21,23H,8-15,17H2,1-7H3,(H,33,34)/t19?,21-,23?,26+,27-,28-,29+,30+/m0/s1. The maximum absolute atomic E-state index is 14.2. The Morgan fingerprint density at radius 2 is 1.56 bits per heavy atom. The zero-order chi connectivity index (χ0) is 25.1. The van der Waals surface area contributed by atoms with Crippen LogP contribution >= 0.6 is 0 Å². The van der Waals surface area contributed by atoms with E-state index in [-0.39, 0.29) is 50.6 Å². The van der Waals surface area contributed by atoms with Gasteiger partial charge in [-0.3, -0.25) is 14.4 Å². The largest absolute Gasteiger partial charge is 0.481 e. The molecule has 4 heteroatoms. The number of hydrogen-bond donors (Lipinski definition) is 1. The zero-order valence-corrected chi connectivity index (χ0v) is 22.3. The van der Waals surface area contributed by atoms with Gasteiger partial charge in [-0.05, 0) is 97.9 Å². The van der Waals surface area contributed by atoms with Crippen LogP contribution in [-0.4, -0.2) is 22.6 Å². The van der Waals surface area contributed by atoms with Gasteiger partial charge in [-0.15, -0.1) is 0 Å². The normalized spacial score (nSPS) is 52.0. The van der Waals surface area contributed by atoms with Crippen molar-refractivity contribution in [2.45, 2.75) is 106 Å². The first-order valence-electron chi connectivity index (χ1n) is 13.6. The monoisotopic (exact) mass is 468 g/mol. The first-order chi connectivity index (χ1) is 15.6. The van der Waals surface area contributed by atoms with Crippen molar-refractivity contribution in [3.63, 3.8) is 0 Å². The molecule has 188 valence electrons. The van der Waals surface area contributed by atoms with Crippen molar-refractivity contribution in [2.24, 2.45) is 50.2 Å². The Labute approximate surface area is 205 Å². The third-order valence-corrected chi connectivity index (χ3v) is 12.8. The summed E-state index contributed by atoms with van der Waals surface area (Å²) in [5.74, 6) is 0.222. The molecule has 0 aromatic carbocycles. The summed E-state index contributed by atoms with van der Waals surface area (Å²) in [6, 6.07) is 0. The number of carbonyl (C=O) groups excluding carboxylic acids is 2. The molecule has 5 rings (SSSR count). The summed E-state index contributed by atoms with van der Waals surface area (Å²) in [4.78, 5) is 39.3. The lowest BCUT2D eigenvalue weighted by molar-refractivity contribution is -0.188. The molecule has 8 atom stereocenters. The lowest BCUT2D eigenvalue weighted by Gasteiger charge is -2.69. The average molecular weight is 469 g/mol. The van der Waals surface area contributed by atoms with Gasteiger partial charge in [-0.25, -0.2) is 0 Å². The van der Waals surface area contributed by atoms with Gasteiger partial charge >= 0.3 is 5.97 Å². The van der Waals surface area contributed by atoms with E-state index in [0.29, 0.717) is 18.6 Å². The van der Waals surface area contributed by atoms with E-state index in [1.807, 2.05) is 13.0 Å². The molecule has 0 aromatic rings. The molecule has 4 saturated carbocycles. The van der Waals surface area contributed by atoms with E-state index in [0.717, 1.165) is 44.9 Å². The minimum atomic E-state index is -0.721. The number of hydrogen-bond acceptors (Lipinski definition) is 3. The van der Waals surface area contributed by atoms with E-state index < -0.39 is 11.4 Å². The molecular formula is C30H44O4. The van der Waals surface area contributed by atoms with Crippen molar-refractivity contribution >= 4 is 17.5 Å². The van der Waals surface area contributed by atoms with Crippen molar-refractivity contribution in [3.8, 4) is 0 Å². The molecule has 5 aliphatic carbocycles. The average Bonchev–Trinajstić information content (AvgIpc) is 2.73. The molecule has 5 aliphatic rings. The number of Topliss-reactive ketones (excluding diaryl/α,β-unsaturated/α-hetero) is 1. The van der Waals surface area contributed by atoms with Crippen LogP contribution in [0.1, 0.15) is 106 Å². The number of fused-ring (bicyclic) bond motifs is 7. The summed E-state index contributed by atoms with van der Waals surface area (Å²) >= 11 is 0. The summed E-state index contributed by atoms with van der Waals surface area (Å²) in [6.07, 6.45) is 9.78.